The third-order valence-electron chi connectivity index (χ3n) is 1.17. The molecule has 0 unspecified atom stereocenters. The fourth-order valence-corrected chi connectivity index (χ4v) is 0.670. The van der Waals surface area contributed by atoms with Gasteiger partial charge in [0.15, 0.2) is 0 Å². The van der Waals surface area contributed by atoms with Crippen molar-refractivity contribution in [3.05, 3.63) is 23.4 Å². The van der Waals surface area contributed by atoms with E-state index in [0.717, 1.165) is 0 Å². The van der Waals surface area contributed by atoms with Crippen molar-refractivity contribution in [3.8, 4) is 0 Å². The third kappa shape index (κ3) is 1.10. The van der Waals surface area contributed by atoms with E-state index >= 15 is 0 Å². The number of aromatic nitrogens is 1. The second kappa shape index (κ2) is 2.91. The molecule has 1 aromatic rings. The Hall–Kier alpha value is -1.45. The standard InChI is InChI=1S/C6H7N3O/c1-7-5-2-3-8-4-6(5)9-10/h2-4H,1H3,(H,7,8). The number of nitrogens with one attached hydrogen (secondary N) is 1. The number of nitroso groups, excluding NO2 is 1. The monoisotopic (exact) mass is 137 g/mol. The summed E-state index contributed by atoms with van der Waals surface area (Å²) in [6.45, 7) is 0. The number of hydrogen-bond acceptors (Lipinski definition) is 4. The van der Waals surface area contributed by atoms with Crippen molar-refractivity contribution in [2.24, 2.45) is 5.18 Å². The quantitative estimate of drug-likeness (QED) is 0.628. The molecule has 0 aliphatic carbocycles. The summed E-state index contributed by atoms with van der Waals surface area (Å²) in [6.07, 6.45) is 3.01. The zero-order chi connectivity index (χ0) is 7.40. The average molecular weight is 137 g/mol. The first kappa shape index (κ1) is 6.67. The molecule has 0 saturated carbocycles. The summed E-state index contributed by atoms with van der Waals surface area (Å²) in [6, 6.07) is 1.69. The topological polar surface area (TPSA) is 54.4 Å². The molecule has 4 heteroatoms. The molecule has 0 aliphatic rings. The molecule has 52 valence electrons. The van der Waals surface area contributed by atoms with Crippen LogP contribution in [0.5, 0.6) is 0 Å². The van der Waals surface area contributed by atoms with E-state index in [1.54, 1.807) is 19.3 Å². The molecule has 0 aliphatic heterocycles. The SMILES string of the molecule is CNc1ccncc1N=O. The normalized spacial score (nSPS) is 8.90. The predicted molar refractivity (Wildman–Crippen MR) is 39.2 cm³/mol. The van der Waals surface area contributed by atoms with Crippen LogP contribution >= 0.6 is 0 Å². The third-order valence-corrected chi connectivity index (χ3v) is 1.17. The molecule has 1 N–H and O–H groups in total. The molecule has 0 saturated heterocycles. The fraction of sp³-hybridized carbons (Fsp3) is 0.167. The highest BCUT2D eigenvalue weighted by Gasteiger charge is 1.96. The smallest absolute Gasteiger partial charge is 0.149 e. The van der Waals surface area contributed by atoms with E-state index in [9.17, 15) is 4.91 Å². The van der Waals surface area contributed by atoms with E-state index in [1.165, 1.54) is 6.20 Å². The second-order valence-corrected chi connectivity index (χ2v) is 1.73. The van der Waals surface area contributed by atoms with Gasteiger partial charge in [-0.2, -0.15) is 0 Å². The molecule has 0 amide bonds. The van der Waals surface area contributed by atoms with Gasteiger partial charge in [-0.15, -0.1) is 4.91 Å². The van der Waals surface area contributed by atoms with Crippen LogP contribution in [0, 0.1) is 4.91 Å². The van der Waals surface area contributed by atoms with Crippen molar-refractivity contribution in [3.63, 3.8) is 0 Å². The molecular formula is C6H7N3O. The number of hydrogen-bond donors (Lipinski definition) is 1. The van der Waals surface area contributed by atoms with E-state index in [-0.39, 0.29) is 0 Å². The summed E-state index contributed by atoms with van der Waals surface area (Å²) in [5, 5.41) is 5.58. The van der Waals surface area contributed by atoms with Gasteiger partial charge in [0.05, 0.1) is 11.9 Å². The van der Waals surface area contributed by atoms with Crippen molar-refractivity contribution in [1.29, 1.82) is 0 Å². The Morgan fingerprint density at radius 2 is 2.50 bits per heavy atom. The molecule has 0 atom stereocenters. The Morgan fingerprint density at radius 3 is 3.00 bits per heavy atom. The fourth-order valence-electron chi connectivity index (χ4n) is 0.670. The Kier molecular flexibility index (Phi) is 1.94. The van der Waals surface area contributed by atoms with Crippen LogP contribution in [0.3, 0.4) is 0 Å². The minimum Gasteiger partial charge on any atom is -0.386 e. The van der Waals surface area contributed by atoms with E-state index in [1.807, 2.05) is 0 Å². The Bertz CT molecular complexity index is 236. The summed E-state index contributed by atoms with van der Waals surface area (Å²) in [4.78, 5) is 13.8. The van der Waals surface area contributed by atoms with Gasteiger partial charge in [-0.25, -0.2) is 0 Å². The van der Waals surface area contributed by atoms with Crippen LogP contribution in [0.1, 0.15) is 0 Å². The second-order valence-electron chi connectivity index (χ2n) is 1.73. The van der Waals surface area contributed by atoms with Crippen molar-refractivity contribution < 1.29 is 0 Å². The lowest BCUT2D eigenvalue weighted by molar-refractivity contribution is 1.29. The maximum absolute atomic E-state index is 10.1. The lowest BCUT2D eigenvalue weighted by Gasteiger charge is -1.98. The van der Waals surface area contributed by atoms with Gasteiger partial charge in [0.2, 0.25) is 0 Å². The summed E-state index contributed by atoms with van der Waals surface area (Å²) < 4.78 is 0. The minimum absolute atomic E-state index is 0.338. The van der Waals surface area contributed by atoms with E-state index < -0.39 is 0 Å². The molecule has 0 spiro atoms. The summed E-state index contributed by atoms with van der Waals surface area (Å²) in [5.41, 5.74) is 1.04. The van der Waals surface area contributed by atoms with Crippen LogP contribution in [0.2, 0.25) is 0 Å². The molecule has 1 heterocycles. The molecule has 10 heavy (non-hydrogen) atoms. The summed E-state index contributed by atoms with van der Waals surface area (Å²) in [7, 11) is 1.73. The molecule has 0 fully saturated rings. The van der Waals surface area contributed by atoms with Crippen LogP contribution < -0.4 is 5.32 Å². The van der Waals surface area contributed by atoms with Crippen molar-refractivity contribution >= 4 is 11.4 Å². The molecule has 0 bridgehead atoms. The Labute approximate surface area is 58.3 Å². The molecule has 0 radical (unpaired) electrons. The maximum atomic E-state index is 10.1. The minimum atomic E-state index is 0.338. The predicted octanol–water partition coefficient (Wildman–Crippen LogP) is 1.52. The van der Waals surface area contributed by atoms with Crippen LogP contribution in [0.15, 0.2) is 23.6 Å². The molecule has 1 rings (SSSR count). The molecule has 1 aromatic heterocycles. The van der Waals surface area contributed by atoms with Crippen LogP contribution in [-0.4, -0.2) is 12.0 Å². The van der Waals surface area contributed by atoms with E-state index in [2.05, 4.69) is 15.5 Å². The van der Waals surface area contributed by atoms with E-state index in [0.29, 0.717) is 11.4 Å². The van der Waals surface area contributed by atoms with Gasteiger partial charge in [-0.3, -0.25) is 4.98 Å². The van der Waals surface area contributed by atoms with Gasteiger partial charge in [-0.1, -0.05) is 0 Å². The van der Waals surface area contributed by atoms with Crippen LogP contribution in [-0.2, 0) is 0 Å². The van der Waals surface area contributed by atoms with Crippen molar-refractivity contribution in [1.82, 2.24) is 4.98 Å². The van der Waals surface area contributed by atoms with Crippen molar-refractivity contribution in [2.45, 2.75) is 0 Å². The number of nitrogens with zero attached hydrogens (tertiary/aromatic N) is 2. The average Bonchev–Trinajstić information content (AvgIpc) is 2.04. The van der Waals surface area contributed by atoms with Gasteiger partial charge in [-0.05, 0) is 11.2 Å². The number of pyridine rings is 1. The number of rotatable bonds is 2. The van der Waals surface area contributed by atoms with Gasteiger partial charge < -0.3 is 5.32 Å². The molecule has 0 aromatic carbocycles. The van der Waals surface area contributed by atoms with Gasteiger partial charge >= 0.3 is 0 Å². The van der Waals surface area contributed by atoms with Gasteiger partial charge in [0, 0.05) is 13.2 Å². The first-order valence-corrected chi connectivity index (χ1v) is 2.83. The molecular weight excluding hydrogens is 130 g/mol. The zero-order valence-corrected chi connectivity index (χ0v) is 5.53. The van der Waals surface area contributed by atoms with E-state index in [4.69, 9.17) is 0 Å². The van der Waals surface area contributed by atoms with Gasteiger partial charge in [0.25, 0.3) is 0 Å². The zero-order valence-electron chi connectivity index (χ0n) is 5.53. The number of anilines is 1. The summed E-state index contributed by atoms with van der Waals surface area (Å²) in [5.74, 6) is 0. The highest BCUT2D eigenvalue weighted by atomic mass is 16.3. The van der Waals surface area contributed by atoms with Gasteiger partial charge in [0.1, 0.15) is 5.69 Å². The Balaban J connectivity index is 3.08. The van der Waals surface area contributed by atoms with Crippen molar-refractivity contribution in [2.75, 3.05) is 12.4 Å². The van der Waals surface area contributed by atoms with Crippen LogP contribution in [0.25, 0.3) is 0 Å². The lowest BCUT2D eigenvalue weighted by atomic mass is 10.3. The lowest BCUT2D eigenvalue weighted by Crippen LogP contribution is -1.87. The summed E-state index contributed by atoms with van der Waals surface area (Å²) >= 11 is 0. The largest absolute Gasteiger partial charge is 0.386 e. The maximum Gasteiger partial charge on any atom is 0.149 e. The van der Waals surface area contributed by atoms with Crippen LogP contribution in [0.4, 0.5) is 11.4 Å². The first-order chi connectivity index (χ1) is 4.88. The highest BCUT2D eigenvalue weighted by Crippen LogP contribution is 2.20. The molecule has 4 nitrogen and oxygen atoms in total. The Morgan fingerprint density at radius 1 is 1.70 bits per heavy atom. The first-order valence-electron chi connectivity index (χ1n) is 2.83. The highest BCUT2D eigenvalue weighted by molar-refractivity contribution is 5.62.